The minimum Gasteiger partial charge on any atom is -0.756 e. The summed E-state index contributed by atoms with van der Waals surface area (Å²) in [4.78, 5) is 23.5. The van der Waals surface area contributed by atoms with Crippen molar-refractivity contribution in [2.45, 2.75) is 0 Å². The molecule has 0 saturated carbocycles. The molecule has 0 radical (unpaired) electrons. The minimum absolute atomic E-state index is 0.0246. The smallest absolute Gasteiger partial charge is 0.338 e. The topological polar surface area (TPSA) is 84.9 Å². The number of ether oxygens (including phenoxy) is 1. The highest BCUT2D eigenvalue weighted by Gasteiger charge is 2.14. The maximum absolute atomic E-state index is 11.9. The van der Waals surface area contributed by atoms with Crippen molar-refractivity contribution in [1.29, 1.82) is 0 Å². The van der Waals surface area contributed by atoms with Gasteiger partial charge in [0.25, 0.3) is 7.82 Å². The number of hydrogen-bond donors (Lipinski definition) is 0. The first-order valence-corrected chi connectivity index (χ1v) is 8.90. The van der Waals surface area contributed by atoms with E-state index in [0.717, 1.165) is 0 Å². The first-order chi connectivity index (χ1) is 11.1. The van der Waals surface area contributed by atoms with E-state index < -0.39 is 13.8 Å². The number of carbonyl (C=O) groups is 1. The minimum atomic E-state index is -4.39. The van der Waals surface area contributed by atoms with E-state index in [1.165, 1.54) is 0 Å². The van der Waals surface area contributed by atoms with Gasteiger partial charge < -0.3 is 23.2 Å². The number of quaternary nitrogens is 1. The van der Waals surface area contributed by atoms with Gasteiger partial charge in [-0.2, -0.15) is 0 Å². The van der Waals surface area contributed by atoms with E-state index in [0.29, 0.717) is 22.2 Å². The van der Waals surface area contributed by atoms with Crippen LogP contribution in [0.5, 0.6) is 0 Å². The van der Waals surface area contributed by atoms with Gasteiger partial charge in [-0.05, 0) is 11.6 Å². The summed E-state index contributed by atoms with van der Waals surface area (Å²) in [7, 11) is 1.36. The Kier molecular flexibility index (Phi) is 7.79. The maximum atomic E-state index is 11.9. The van der Waals surface area contributed by atoms with Gasteiger partial charge in [-0.15, -0.1) is 0 Å². The summed E-state index contributed by atoms with van der Waals surface area (Å²) in [6, 6.07) is 6.81. The summed E-state index contributed by atoms with van der Waals surface area (Å²) in [5.41, 5.74) is 0.999. The SMILES string of the molecule is C=Cc1ccccc1C(=O)OCCOP(=O)([O-])OCC[N+](C)(C)C. The average Bonchev–Trinajstić information content (AvgIpc) is 2.49. The number of hydrogen-bond acceptors (Lipinski definition) is 6. The van der Waals surface area contributed by atoms with E-state index in [-0.39, 0.29) is 19.8 Å². The second-order valence-electron chi connectivity index (χ2n) is 6.05. The van der Waals surface area contributed by atoms with Gasteiger partial charge in [-0.3, -0.25) is 4.57 Å². The molecule has 0 spiro atoms. The summed E-state index contributed by atoms with van der Waals surface area (Å²) in [5, 5.41) is 0. The van der Waals surface area contributed by atoms with E-state index in [4.69, 9.17) is 9.26 Å². The lowest BCUT2D eigenvalue weighted by atomic mass is 10.1. The molecule has 0 aliphatic rings. The lowest BCUT2D eigenvalue weighted by Gasteiger charge is -2.27. The van der Waals surface area contributed by atoms with Gasteiger partial charge in [-0.25, -0.2) is 4.79 Å². The van der Waals surface area contributed by atoms with E-state index >= 15 is 0 Å². The Labute approximate surface area is 142 Å². The Morgan fingerprint density at radius 3 is 2.46 bits per heavy atom. The van der Waals surface area contributed by atoms with Crippen LogP contribution in [0.25, 0.3) is 6.08 Å². The summed E-state index contributed by atoms with van der Waals surface area (Å²) in [6.45, 7) is 3.66. The first-order valence-electron chi connectivity index (χ1n) is 7.44. The molecule has 0 N–H and O–H groups in total. The van der Waals surface area contributed by atoms with Crippen LogP contribution in [0, 0.1) is 0 Å². The van der Waals surface area contributed by atoms with E-state index in [1.807, 2.05) is 21.1 Å². The molecule has 1 rings (SSSR count). The molecule has 8 heteroatoms. The molecule has 1 unspecified atom stereocenters. The fraction of sp³-hybridized carbons (Fsp3) is 0.438. The number of rotatable bonds is 10. The quantitative estimate of drug-likeness (QED) is 0.274. The molecular weight excluding hydrogens is 333 g/mol. The molecule has 0 aliphatic carbocycles. The number of esters is 1. The van der Waals surface area contributed by atoms with Gasteiger partial charge in [0, 0.05) is 0 Å². The third-order valence-electron chi connectivity index (χ3n) is 2.98. The molecule has 24 heavy (non-hydrogen) atoms. The van der Waals surface area contributed by atoms with Crippen molar-refractivity contribution in [2.75, 3.05) is 47.5 Å². The zero-order chi connectivity index (χ0) is 18.2. The molecule has 0 heterocycles. The van der Waals surface area contributed by atoms with Crippen molar-refractivity contribution >= 4 is 19.9 Å². The predicted octanol–water partition coefficient (Wildman–Crippen LogP) is 1.69. The summed E-state index contributed by atoms with van der Waals surface area (Å²) >= 11 is 0. The largest absolute Gasteiger partial charge is 0.756 e. The van der Waals surface area contributed by atoms with Crippen molar-refractivity contribution in [3.63, 3.8) is 0 Å². The number of likely N-dealkylation sites (N-methyl/N-ethyl adjacent to an activating group) is 1. The molecular formula is C16H24NO6P. The van der Waals surface area contributed by atoms with Gasteiger partial charge in [0.2, 0.25) is 0 Å². The van der Waals surface area contributed by atoms with Crippen LogP contribution < -0.4 is 4.89 Å². The van der Waals surface area contributed by atoms with Crippen LogP contribution >= 0.6 is 7.82 Å². The highest BCUT2D eigenvalue weighted by atomic mass is 31.2. The molecule has 0 fully saturated rings. The third kappa shape index (κ3) is 7.86. The molecule has 1 aromatic rings. The molecule has 0 saturated heterocycles. The number of carbonyl (C=O) groups excluding carboxylic acids is 1. The van der Waals surface area contributed by atoms with E-state index in [1.54, 1.807) is 30.3 Å². The monoisotopic (exact) mass is 357 g/mol. The Bertz CT molecular complexity index is 611. The van der Waals surface area contributed by atoms with E-state index in [9.17, 15) is 14.3 Å². The number of benzene rings is 1. The van der Waals surface area contributed by atoms with Gasteiger partial charge in [-0.1, -0.05) is 30.9 Å². The fourth-order valence-electron chi connectivity index (χ4n) is 1.69. The number of phosphoric ester groups is 1. The summed E-state index contributed by atoms with van der Waals surface area (Å²) in [6.07, 6.45) is 1.54. The average molecular weight is 357 g/mol. The van der Waals surface area contributed by atoms with Crippen molar-refractivity contribution < 1.29 is 32.5 Å². The zero-order valence-corrected chi connectivity index (χ0v) is 15.2. The van der Waals surface area contributed by atoms with Crippen LogP contribution in [-0.2, 0) is 18.3 Å². The van der Waals surface area contributed by atoms with Crippen molar-refractivity contribution in [3.05, 3.63) is 42.0 Å². The summed E-state index contributed by atoms with van der Waals surface area (Å²) < 4.78 is 26.5. The van der Waals surface area contributed by atoms with Crippen LogP contribution in [0.2, 0.25) is 0 Å². The van der Waals surface area contributed by atoms with Crippen LogP contribution in [-0.4, -0.2) is 58.0 Å². The van der Waals surface area contributed by atoms with Gasteiger partial charge in [0.15, 0.2) is 0 Å². The molecule has 134 valence electrons. The van der Waals surface area contributed by atoms with Crippen LogP contribution in [0.1, 0.15) is 15.9 Å². The van der Waals surface area contributed by atoms with Gasteiger partial charge in [0.1, 0.15) is 19.8 Å². The Hall–Kier alpha value is -1.50. The number of phosphoric acid groups is 1. The number of nitrogens with zero attached hydrogens (tertiary/aromatic N) is 1. The Balaban J connectivity index is 2.35. The molecule has 7 nitrogen and oxygen atoms in total. The van der Waals surface area contributed by atoms with Crippen molar-refractivity contribution in [3.8, 4) is 0 Å². The Morgan fingerprint density at radius 2 is 1.83 bits per heavy atom. The molecule has 0 amide bonds. The molecule has 0 aliphatic heterocycles. The highest BCUT2D eigenvalue weighted by molar-refractivity contribution is 7.45. The van der Waals surface area contributed by atoms with Crippen LogP contribution in [0.15, 0.2) is 30.8 Å². The van der Waals surface area contributed by atoms with Crippen molar-refractivity contribution in [2.24, 2.45) is 0 Å². The van der Waals surface area contributed by atoms with Crippen LogP contribution in [0.3, 0.4) is 0 Å². The van der Waals surface area contributed by atoms with Gasteiger partial charge >= 0.3 is 5.97 Å². The van der Waals surface area contributed by atoms with Gasteiger partial charge in [0.05, 0.1) is 33.3 Å². The normalized spacial score (nSPS) is 14.0. The lowest BCUT2D eigenvalue weighted by molar-refractivity contribution is -0.870. The summed E-state index contributed by atoms with van der Waals surface area (Å²) in [5.74, 6) is -0.569. The van der Waals surface area contributed by atoms with Crippen molar-refractivity contribution in [1.82, 2.24) is 0 Å². The van der Waals surface area contributed by atoms with Crippen LogP contribution in [0.4, 0.5) is 0 Å². The molecule has 0 bridgehead atoms. The fourth-order valence-corrected chi connectivity index (χ4v) is 2.36. The molecule has 1 atom stereocenters. The maximum Gasteiger partial charge on any atom is 0.338 e. The first kappa shape index (κ1) is 20.5. The predicted molar refractivity (Wildman–Crippen MR) is 89.2 cm³/mol. The Morgan fingerprint density at radius 1 is 1.21 bits per heavy atom. The highest BCUT2D eigenvalue weighted by Crippen LogP contribution is 2.37. The second kappa shape index (κ2) is 9.11. The second-order valence-corrected chi connectivity index (χ2v) is 7.47. The van der Waals surface area contributed by atoms with E-state index in [2.05, 4.69) is 11.1 Å². The lowest BCUT2D eigenvalue weighted by Crippen LogP contribution is -2.37. The molecule has 0 aromatic heterocycles. The standard InChI is InChI=1S/C16H24NO6P/c1-5-14-8-6-7-9-15(14)16(18)21-12-13-23-24(19,20)22-11-10-17(2,3)4/h5-9H,1,10-13H2,2-4H3. The molecule has 1 aromatic carbocycles. The third-order valence-corrected chi connectivity index (χ3v) is 3.98. The zero-order valence-electron chi connectivity index (χ0n) is 14.3.